The maximum absolute atomic E-state index is 13.2. The summed E-state index contributed by atoms with van der Waals surface area (Å²) in [6.45, 7) is 2.95. The Hall–Kier alpha value is -4.14. The number of nitrogens with one attached hydrogen (secondary N) is 1. The number of sulfonamides is 1. The molecule has 194 valence electrons. The molecule has 14 heteroatoms. The molecular formula is C23H21N3O9S2. The van der Waals surface area contributed by atoms with Crippen LogP contribution >= 0.6 is 0 Å². The minimum absolute atomic E-state index is 0.0125. The summed E-state index contributed by atoms with van der Waals surface area (Å²) in [7, 11) is -8.30. The summed E-state index contributed by atoms with van der Waals surface area (Å²) in [5, 5.41) is 9.44. The van der Waals surface area contributed by atoms with Gasteiger partial charge in [-0.25, -0.2) is 22.3 Å². The predicted molar refractivity (Wildman–Crippen MR) is 132 cm³/mol. The number of aromatic nitrogens is 1. The Balaban J connectivity index is 1.72. The van der Waals surface area contributed by atoms with E-state index in [1.807, 2.05) is 0 Å². The molecule has 2 aromatic carbocycles. The van der Waals surface area contributed by atoms with E-state index in [1.54, 1.807) is 10.2 Å². The number of allylic oxidation sites excluding steroid dienone is 1. The van der Waals surface area contributed by atoms with Gasteiger partial charge in [-0.1, -0.05) is 28.4 Å². The van der Waals surface area contributed by atoms with Crippen molar-refractivity contribution in [3.8, 4) is 22.8 Å². The van der Waals surface area contributed by atoms with Crippen LogP contribution in [0.4, 0.5) is 5.69 Å². The van der Waals surface area contributed by atoms with Crippen LogP contribution in [0.3, 0.4) is 0 Å². The largest absolute Gasteiger partial charge is 0.491 e. The Bertz CT molecular complexity index is 1630. The number of rotatable bonds is 9. The molecule has 0 radical (unpaired) electrons. The van der Waals surface area contributed by atoms with Crippen LogP contribution in [0.15, 0.2) is 72.1 Å². The van der Waals surface area contributed by atoms with Crippen molar-refractivity contribution in [2.24, 2.45) is 0 Å². The Morgan fingerprint density at radius 3 is 2.57 bits per heavy atom. The van der Waals surface area contributed by atoms with Gasteiger partial charge in [-0.3, -0.25) is 0 Å². The van der Waals surface area contributed by atoms with Gasteiger partial charge >= 0.3 is 22.1 Å². The van der Waals surface area contributed by atoms with E-state index in [0.29, 0.717) is 15.6 Å². The third-order valence-corrected chi connectivity index (χ3v) is 8.88. The number of nitrogens with zero attached hydrogens (tertiary/aromatic N) is 2. The highest BCUT2D eigenvalue weighted by Crippen LogP contribution is 2.40. The highest BCUT2D eigenvalue weighted by molar-refractivity contribution is 8.05. The van der Waals surface area contributed by atoms with Crippen molar-refractivity contribution in [1.82, 2.24) is 8.69 Å². The lowest BCUT2D eigenvalue weighted by molar-refractivity contribution is -0.132. The van der Waals surface area contributed by atoms with Crippen LogP contribution in [-0.2, 0) is 31.6 Å². The SMILES string of the molecule is C=CCn1c(C(=O)O)ccc1-c1cccc(S(=O)(=O)NS(=O)(=O)N2CC(=O)Oc3cccc2c3OC)c1. The fourth-order valence-electron chi connectivity index (χ4n) is 3.84. The predicted octanol–water partition coefficient (Wildman–Crippen LogP) is 2.00. The van der Waals surface area contributed by atoms with E-state index in [1.165, 1.54) is 66.3 Å². The van der Waals surface area contributed by atoms with Gasteiger partial charge in [0.1, 0.15) is 12.2 Å². The Morgan fingerprint density at radius 1 is 1.16 bits per heavy atom. The van der Waals surface area contributed by atoms with Gasteiger partial charge < -0.3 is 19.1 Å². The number of esters is 1. The molecule has 1 aromatic heterocycles. The normalized spacial score (nSPS) is 13.5. The molecule has 0 atom stereocenters. The Kier molecular flexibility index (Phi) is 6.82. The van der Waals surface area contributed by atoms with Crippen LogP contribution in [0.25, 0.3) is 11.3 Å². The van der Waals surface area contributed by atoms with Gasteiger partial charge in [0.15, 0.2) is 11.5 Å². The monoisotopic (exact) mass is 547 g/mol. The molecule has 0 amide bonds. The van der Waals surface area contributed by atoms with Crippen LogP contribution in [0, 0.1) is 0 Å². The second-order valence-electron chi connectivity index (χ2n) is 7.72. The van der Waals surface area contributed by atoms with Gasteiger partial charge in [-0.05, 0) is 42.0 Å². The summed E-state index contributed by atoms with van der Waals surface area (Å²) in [6, 6.07) is 12.4. The maximum atomic E-state index is 13.2. The highest BCUT2D eigenvalue weighted by Gasteiger charge is 2.36. The van der Waals surface area contributed by atoms with Gasteiger partial charge in [0.05, 0.1) is 17.7 Å². The van der Waals surface area contributed by atoms with Crippen LogP contribution < -0.4 is 17.9 Å². The average molecular weight is 548 g/mol. The molecule has 0 aliphatic carbocycles. The standard InChI is InChI=1S/C23H21N3O9S2/c1-3-12-25-17(10-11-19(25)23(28)29)15-6-4-7-16(13-15)36(30,31)24-37(32,33)26-14-21(27)35-20-9-5-8-18(26)22(20)34-2/h3-11,13,24H,1,12,14H2,2H3,(H,28,29). The third-order valence-electron chi connectivity index (χ3n) is 5.38. The van der Waals surface area contributed by atoms with Gasteiger partial charge in [-0.15, -0.1) is 6.58 Å². The zero-order valence-electron chi connectivity index (χ0n) is 19.3. The molecule has 0 saturated carbocycles. The average Bonchev–Trinajstić information content (AvgIpc) is 3.23. The molecule has 12 nitrogen and oxygen atoms in total. The molecule has 0 fully saturated rings. The Labute approximate surface area is 212 Å². The van der Waals surface area contributed by atoms with E-state index >= 15 is 0 Å². The van der Waals surface area contributed by atoms with Gasteiger partial charge in [0.2, 0.25) is 0 Å². The van der Waals surface area contributed by atoms with E-state index in [9.17, 15) is 31.5 Å². The number of carboxylic acid groups (broad SMARTS) is 1. The zero-order valence-corrected chi connectivity index (χ0v) is 21.0. The number of methoxy groups -OCH3 is 1. The fourth-order valence-corrected chi connectivity index (χ4v) is 6.92. The molecule has 1 aliphatic rings. The van der Waals surface area contributed by atoms with Crippen molar-refractivity contribution in [2.75, 3.05) is 18.0 Å². The summed E-state index contributed by atoms with van der Waals surface area (Å²) < 4.78 is 66.7. The van der Waals surface area contributed by atoms with Gasteiger partial charge in [-0.2, -0.15) is 8.42 Å². The first kappa shape index (κ1) is 25.9. The topological polar surface area (TPSA) is 161 Å². The molecule has 37 heavy (non-hydrogen) atoms. The lowest BCUT2D eigenvalue weighted by Crippen LogP contribution is -2.46. The number of ether oxygens (including phenoxy) is 2. The molecule has 2 N–H and O–H groups in total. The summed E-state index contributed by atoms with van der Waals surface area (Å²) in [5.74, 6) is -2.20. The Morgan fingerprint density at radius 2 is 1.89 bits per heavy atom. The number of anilines is 1. The summed E-state index contributed by atoms with van der Waals surface area (Å²) in [5.41, 5.74) is 0.579. The molecule has 2 heterocycles. The minimum atomic E-state index is -4.86. The number of para-hydroxylation sites is 1. The summed E-state index contributed by atoms with van der Waals surface area (Å²) >= 11 is 0. The minimum Gasteiger partial charge on any atom is -0.491 e. The fraction of sp³-hybridized carbons (Fsp3) is 0.130. The van der Waals surface area contributed by atoms with E-state index < -0.39 is 43.6 Å². The van der Waals surface area contributed by atoms with E-state index in [0.717, 1.165) is 0 Å². The smallest absolute Gasteiger partial charge is 0.352 e. The second kappa shape index (κ2) is 9.72. The molecule has 1 aliphatic heterocycles. The van der Waals surface area contributed by atoms with Crippen molar-refractivity contribution in [3.63, 3.8) is 0 Å². The quantitative estimate of drug-likeness (QED) is 0.232. The van der Waals surface area contributed by atoms with Crippen LogP contribution in [0.1, 0.15) is 10.5 Å². The van der Waals surface area contributed by atoms with Crippen molar-refractivity contribution >= 4 is 37.9 Å². The zero-order chi connectivity index (χ0) is 27.0. The molecule has 3 aromatic rings. The van der Waals surface area contributed by atoms with Crippen LogP contribution in [-0.4, -0.2) is 52.1 Å². The molecule has 0 spiro atoms. The first-order chi connectivity index (χ1) is 17.5. The van der Waals surface area contributed by atoms with Crippen molar-refractivity contribution in [1.29, 1.82) is 0 Å². The number of carbonyl (C=O) groups is 2. The number of carbonyl (C=O) groups excluding carboxylic acids is 1. The molecule has 0 saturated heterocycles. The second-order valence-corrected chi connectivity index (χ2v) is 11.3. The molecule has 0 unspecified atom stereocenters. The van der Waals surface area contributed by atoms with Crippen molar-refractivity contribution in [2.45, 2.75) is 11.4 Å². The molecule has 2 bridgehead atoms. The first-order valence-corrected chi connectivity index (χ1v) is 13.5. The maximum Gasteiger partial charge on any atom is 0.352 e. The molecular weight excluding hydrogens is 526 g/mol. The van der Waals surface area contributed by atoms with Gasteiger partial charge in [0.25, 0.3) is 10.0 Å². The summed E-state index contributed by atoms with van der Waals surface area (Å²) in [6.07, 6.45) is 1.49. The number of hydrogen-bond acceptors (Lipinski definition) is 8. The van der Waals surface area contributed by atoms with Crippen LogP contribution in [0.2, 0.25) is 0 Å². The number of aromatic carboxylic acids is 1. The van der Waals surface area contributed by atoms with E-state index in [2.05, 4.69) is 6.58 Å². The van der Waals surface area contributed by atoms with Crippen molar-refractivity contribution < 1.29 is 41.0 Å². The number of hydrogen-bond donors (Lipinski definition) is 2. The van der Waals surface area contributed by atoms with E-state index in [-0.39, 0.29) is 29.4 Å². The first-order valence-electron chi connectivity index (χ1n) is 10.6. The number of carboxylic acids is 1. The summed E-state index contributed by atoms with van der Waals surface area (Å²) in [4.78, 5) is 23.4. The lowest BCUT2D eigenvalue weighted by atomic mass is 10.1. The highest BCUT2D eigenvalue weighted by atomic mass is 32.3. The number of fused-ring (bicyclic) bond motifs is 2. The van der Waals surface area contributed by atoms with Gasteiger partial charge in [0, 0.05) is 12.2 Å². The van der Waals surface area contributed by atoms with Crippen LogP contribution in [0.5, 0.6) is 11.5 Å². The van der Waals surface area contributed by atoms with Crippen molar-refractivity contribution in [3.05, 3.63) is 72.9 Å². The van der Waals surface area contributed by atoms with E-state index in [4.69, 9.17) is 9.47 Å². The third kappa shape index (κ3) is 4.94. The molecule has 4 rings (SSSR count). The lowest BCUT2D eigenvalue weighted by Gasteiger charge is -2.22. The number of benzene rings is 2.